The highest BCUT2D eigenvalue weighted by atomic mass is 35.5. The number of aromatic nitrogens is 1. The van der Waals surface area contributed by atoms with E-state index in [0.29, 0.717) is 55.9 Å². The molecule has 11 amide bonds. The van der Waals surface area contributed by atoms with Crippen LogP contribution in [0.2, 0.25) is 0 Å². The number of rotatable bonds is 28. The number of H-pyrrole nitrogens is 1. The number of halogens is 1. The first kappa shape index (κ1) is 56.7. The van der Waals surface area contributed by atoms with Gasteiger partial charge < -0.3 is 63.5 Å². The number of benzene rings is 2. The summed E-state index contributed by atoms with van der Waals surface area (Å²) in [6, 6.07) is 10.3. The molecule has 3 fully saturated rings. The van der Waals surface area contributed by atoms with Crippen molar-refractivity contribution in [3.8, 4) is 0 Å². The monoisotopic (exact) mass is 1060 g/mol. The molecule has 74 heavy (non-hydrogen) atoms. The molecule has 0 bridgehead atoms. The SMILES string of the molecule is CN(C(=O)CCl)C(Cc1ccccc1)C(=O)N1CCCC[C@H]1C(=O)NC(Cc1c[nH]c2ccccc12)C(=O)NC(CCCNC(N)=O)C(=O)NC(CCCCNC(=O)CCCC[C@H]1SC[C@H]2NC(=O)N[C@H]21)C(N)=O. The van der Waals surface area contributed by atoms with E-state index in [2.05, 4.69) is 42.2 Å². The van der Waals surface area contributed by atoms with Crippen LogP contribution in [0.25, 0.3) is 10.9 Å². The highest BCUT2D eigenvalue weighted by Crippen LogP contribution is 2.33. The standard InChI is InChI=1S/C51H71ClN12O9S/c1-63(43(66)28-52)40(26-31-14-3-2-4-15-31)49(71)64-25-12-10-20-39(64)48(70)60-37(27-32-29-57-34-17-6-5-16-33(32)34)47(69)59-36(19-13-24-56-50(54)72)46(68)58-35(45(53)67)18-9-11-23-55-42(65)22-8-7-21-41-44-38(30-74-41)61-51(73)62-44/h2-6,14-17,29,35-41,44,57H,7-13,18-28,30H2,1H3,(H2,53,67)(H,55,65)(H,58,68)(H,59,69)(H,60,70)(H3,54,56,72)(H2,61,62,73)/t35?,36?,37?,38-,39+,40?,41-,44-/m1/s1. The summed E-state index contributed by atoms with van der Waals surface area (Å²) in [4.78, 5) is 125. The van der Waals surface area contributed by atoms with E-state index in [1.807, 2.05) is 66.4 Å². The van der Waals surface area contributed by atoms with Gasteiger partial charge >= 0.3 is 12.1 Å². The summed E-state index contributed by atoms with van der Waals surface area (Å²) in [6.45, 7) is 0.639. The Labute approximate surface area is 440 Å². The molecule has 23 heteroatoms. The van der Waals surface area contributed by atoms with Crippen LogP contribution in [-0.2, 0) is 46.4 Å². The summed E-state index contributed by atoms with van der Waals surface area (Å²) < 4.78 is 0. The van der Waals surface area contributed by atoms with Crippen molar-refractivity contribution in [2.24, 2.45) is 11.5 Å². The van der Waals surface area contributed by atoms with Crippen molar-refractivity contribution in [1.29, 1.82) is 0 Å². The number of likely N-dealkylation sites (tertiary alicyclic amines) is 1. The molecule has 0 spiro atoms. The van der Waals surface area contributed by atoms with Gasteiger partial charge in [0.15, 0.2) is 0 Å². The zero-order valence-corrected chi connectivity index (χ0v) is 43.4. The largest absolute Gasteiger partial charge is 0.368 e. The number of nitrogens with zero attached hydrogens (tertiary/aromatic N) is 2. The molecule has 0 aliphatic carbocycles. The number of alkyl halides is 1. The van der Waals surface area contributed by atoms with Gasteiger partial charge in [0.1, 0.15) is 36.1 Å². The Kier molecular flexibility index (Phi) is 21.6. The van der Waals surface area contributed by atoms with Gasteiger partial charge in [-0.05, 0) is 81.4 Å². The lowest BCUT2D eigenvalue weighted by Crippen LogP contribution is -2.61. The number of amides is 11. The van der Waals surface area contributed by atoms with Crippen LogP contribution in [0.1, 0.15) is 88.2 Å². The van der Waals surface area contributed by atoms with Crippen LogP contribution in [0.5, 0.6) is 0 Å². The molecule has 3 aromatic rings. The lowest BCUT2D eigenvalue weighted by atomic mass is 9.96. The second-order valence-corrected chi connectivity index (χ2v) is 20.7. The van der Waals surface area contributed by atoms with Crippen LogP contribution >= 0.6 is 23.4 Å². The van der Waals surface area contributed by atoms with Gasteiger partial charge in [0.05, 0.1) is 12.1 Å². The maximum atomic E-state index is 14.6. The summed E-state index contributed by atoms with van der Waals surface area (Å²) in [7, 11) is 1.51. The predicted octanol–water partition coefficient (Wildman–Crippen LogP) is 1.80. The second-order valence-electron chi connectivity index (χ2n) is 19.2. The number of piperidine rings is 1. The number of unbranched alkanes of at least 4 members (excludes halogenated alkanes) is 2. The van der Waals surface area contributed by atoms with Crippen LogP contribution in [-0.4, -0.2) is 154 Å². The maximum Gasteiger partial charge on any atom is 0.315 e. The first-order chi connectivity index (χ1) is 35.6. The number of hydrogen-bond acceptors (Lipinski definition) is 10. The summed E-state index contributed by atoms with van der Waals surface area (Å²) in [6.07, 6.45) is 7.42. The van der Waals surface area contributed by atoms with Crippen LogP contribution < -0.4 is 48.7 Å². The molecule has 3 aliphatic rings. The predicted molar refractivity (Wildman–Crippen MR) is 281 cm³/mol. The molecule has 8 atom stereocenters. The summed E-state index contributed by atoms with van der Waals surface area (Å²) in [5.74, 6) is -3.33. The molecule has 21 nitrogen and oxygen atoms in total. The fourth-order valence-corrected chi connectivity index (χ4v) is 11.6. The molecule has 0 radical (unpaired) electrons. The molecule has 1 aromatic heterocycles. The van der Waals surface area contributed by atoms with E-state index in [1.165, 1.54) is 16.8 Å². The number of thioether (sulfide) groups is 1. The first-order valence-electron chi connectivity index (χ1n) is 25.5. The summed E-state index contributed by atoms with van der Waals surface area (Å²) in [5.41, 5.74) is 13.3. The van der Waals surface area contributed by atoms with Gasteiger partial charge in [-0.2, -0.15) is 11.8 Å². The van der Waals surface area contributed by atoms with Crippen molar-refractivity contribution in [1.82, 2.24) is 52.0 Å². The highest BCUT2D eigenvalue weighted by Gasteiger charge is 2.43. The third-order valence-corrected chi connectivity index (χ3v) is 15.7. The van der Waals surface area contributed by atoms with Crippen LogP contribution in [0.4, 0.5) is 9.59 Å². The molecular formula is C51H71ClN12O9S. The van der Waals surface area contributed by atoms with Crippen molar-refractivity contribution in [3.63, 3.8) is 0 Å². The topological polar surface area (TPSA) is 312 Å². The van der Waals surface area contributed by atoms with Crippen LogP contribution in [0.15, 0.2) is 60.8 Å². The third kappa shape index (κ3) is 16.2. The summed E-state index contributed by atoms with van der Waals surface area (Å²) in [5, 5.41) is 20.8. The van der Waals surface area contributed by atoms with Gasteiger partial charge in [-0.1, -0.05) is 55.0 Å². The maximum absolute atomic E-state index is 14.6. The Bertz CT molecular complexity index is 2450. The Morgan fingerprint density at radius 1 is 0.811 bits per heavy atom. The van der Waals surface area contributed by atoms with Gasteiger partial charge in [-0.3, -0.25) is 33.6 Å². The minimum Gasteiger partial charge on any atom is -0.368 e. The number of carbonyl (C=O) groups is 9. The van der Waals surface area contributed by atoms with E-state index in [1.54, 1.807) is 6.20 Å². The lowest BCUT2D eigenvalue weighted by Gasteiger charge is -2.39. The number of fused-ring (bicyclic) bond motifs is 2. The number of hydrogen-bond donors (Lipinski definition) is 10. The van der Waals surface area contributed by atoms with E-state index in [4.69, 9.17) is 23.1 Å². The molecule has 12 N–H and O–H groups in total. The Morgan fingerprint density at radius 3 is 2.28 bits per heavy atom. The molecule has 6 rings (SSSR count). The average molecular weight is 1060 g/mol. The number of aromatic amines is 1. The molecule has 402 valence electrons. The van der Waals surface area contributed by atoms with Gasteiger partial charge in [0.25, 0.3) is 0 Å². The van der Waals surface area contributed by atoms with Crippen molar-refractivity contribution >= 4 is 87.7 Å². The number of urea groups is 2. The van der Waals surface area contributed by atoms with E-state index in [0.717, 1.165) is 35.1 Å². The summed E-state index contributed by atoms with van der Waals surface area (Å²) >= 11 is 7.79. The Balaban J connectivity index is 1.10. The van der Waals surface area contributed by atoms with E-state index in [9.17, 15) is 43.2 Å². The van der Waals surface area contributed by atoms with Crippen LogP contribution in [0, 0.1) is 0 Å². The normalized spacial score (nSPS) is 19.6. The number of nitrogens with two attached hydrogens (primary N) is 2. The number of para-hydroxylation sites is 1. The Morgan fingerprint density at radius 2 is 1.53 bits per heavy atom. The smallest absolute Gasteiger partial charge is 0.315 e. The minimum atomic E-state index is -1.28. The fraction of sp³-hybridized carbons (Fsp3) is 0.549. The second kappa shape index (κ2) is 28.2. The zero-order valence-electron chi connectivity index (χ0n) is 41.8. The molecule has 3 saturated heterocycles. The third-order valence-electron chi connectivity index (χ3n) is 13.9. The molecule has 2 aromatic carbocycles. The number of likely N-dealkylation sites (N-methyl/N-ethyl adjacent to an activating group) is 1. The molecule has 3 aliphatic heterocycles. The van der Waals surface area contributed by atoms with E-state index < -0.39 is 71.7 Å². The number of primary amides is 2. The van der Waals surface area contributed by atoms with E-state index in [-0.39, 0.29) is 81.5 Å². The highest BCUT2D eigenvalue weighted by molar-refractivity contribution is 8.00. The minimum absolute atomic E-state index is 0.0142. The molecule has 4 heterocycles. The van der Waals surface area contributed by atoms with Crippen molar-refractivity contribution in [3.05, 3.63) is 71.9 Å². The number of carbonyl (C=O) groups excluding carboxylic acids is 9. The van der Waals surface area contributed by atoms with E-state index >= 15 is 0 Å². The van der Waals surface area contributed by atoms with Crippen LogP contribution in [0.3, 0.4) is 0 Å². The molecular weight excluding hydrogens is 992 g/mol. The van der Waals surface area contributed by atoms with Crippen molar-refractivity contribution in [2.75, 3.05) is 38.3 Å². The van der Waals surface area contributed by atoms with Gasteiger partial charge in [-0.15, -0.1) is 11.6 Å². The van der Waals surface area contributed by atoms with Gasteiger partial charge in [-0.25, -0.2) is 9.59 Å². The molecule has 0 saturated carbocycles. The fourth-order valence-electron chi connectivity index (χ4n) is 9.83. The van der Waals surface area contributed by atoms with Crippen molar-refractivity contribution in [2.45, 2.75) is 137 Å². The van der Waals surface area contributed by atoms with Gasteiger partial charge in [0, 0.05) is 74.0 Å². The van der Waals surface area contributed by atoms with Crippen molar-refractivity contribution < 1.29 is 43.2 Å². The zero-order chi connectivity index (χ0) is 53.1. The molecule has 4 unspecified atom stereocenters. The average Bonchev–Trinajstić information content (AvgIpc) is 4.10. The first-order valence-corrected chi connectivity index (χ1v) is 27.1. The lowest BCUT2D eigenvalue weighted by molar-refractivity contribution is -0.150. The quantitative estimate of drug-likeness (QED) is 0.0286. The number of nitrogens with one attached hydrogen (secondary N) is 8. The van der Waals surface area contributed by atoms with Gasteiger partial charge in [0.2, 0.25) is 41.4 Å². The Hall–Kier alpha value is -6.55.